The van der Waals surface area contributed by atoms with E-state index in [0.29, 0.717) is 15.3 Å². The van der Waals surface area contributed by atoms with E-state index in [9.17, 15) is 18.7 Å². The van der Waals surface area contributed by atoms with Gasteiger partial charge in [-0.25, -0.2) is 8.42 Å². The summed E-state index contributed by atoms with van der Waals surface area (Å²) < 4.78 is 29.1. The summed E-state index contributed by atoms with van der Waals surface area (Å²) in [5, 5.41) is 23.1. The van der Waals surface area contributed by atoms with Gasteiger partial charge in [-0.05, 0) is 42.8 Å². The number of nitrogens with one attached hydrogen (secondary N) is 1. The Kier molecular flexibility index (Phi) is 6.22. The lowest BCUT2D eigenvalue weighted by Crippen LogP contribution is -2.30. The Hall–Kier alpha value is -3.13. The van der Waals surface area contributed by atoms with E-state index in [0.717, 1.165) is 11.1 Å². The van der Waals surface area contributed by atoms with Crippen molar-refractivity contribution in [3.63, 3.8) is 0 Å². The third-order valence-corrected chi connectivity index (χ3v) is 6.45. The average Bonchev–Trinajstić information content (AvgIpc) is 2.75. The Morgan fingerprint density at radius 1 is 1.16 bits per heavy atom. The molecular formula is C23H21ClN2O4S. The van der Waals surface area contributed by atoms with E-state index in [-0.39, 0.29) is 16.1 Å². The van der Waals surface area contributed by atoms with Gasteiger partial charge in [0.05, 0.1) is 10.6 Å². The van der Waals surface area contributed by atoms with Crippen LogP contribution in [0.1, 0.15) is 23.6 Å². The van der Waals surface area contributed by atoms with Crippen LogP contribution in [-0.4, -0.2) is 13.5 Å². The van der Waals surface area contributed by atoms with Crippen LogP contribution >= 0.6 is 11.6 Å². The van der Waals surface area contributed by atoms with Crippen LogP contribution in [-0.2, 0) is 15.6 Å². The zero-order valence-electron chi connectivity index (χ0n) is 16.7. The highest BCUT2D eigenvalue weighted by Gasteiger charge is 2.33. The third kappa shape index (κ3) is 4.64. The fourth-order valence-electron chi connectivity index (χ4n) is 3.09. The van der Waals surface area contributed by atoms with E-state index in [1.807, 2.05) is 6.92 Å². The predicted molar refractivity (Wildman–Crippen MR) is 122 cm³/mol. The van der Waals surface area contributed by atoms with Crippen LogP contribution in [0.4, 0.5) is 5.69 Å². The number of halogens is 1. The predicted octanol–water partition coefficient (Wildman–Crippen LogP) is 4.23. The molecule has 2 aromatic carbocycles. The molecule has 1 atom stereocenters. The number of hydrogen-bond acceptors (Lipinski definition) is 4. The normalized spacial score (nSPS) is 13.3. The molecule has 31 heavy (non-hydrogen) atoms. The molecule has 8 heteroatoms. The molecular weight excluding hydrogens is 436 g/mol. The van der Waals surface area contributed by atoms with Gasteiger partial charge in [0.2, 0.25) is 0 Å². The summed E-state index contributed by atoms with van der Waals surface area (Å²) in [5.41, 5.74) is 0.446. The van der Waals surface area contributed by atoms with E-state index < -0.39 is 15.6 Å². The first kappa shape index (κ1) is 22.6. The Labute approximate surface area is 186 Å². The molecule has 1 aromatic heterocycles. The molecule has 0 aliphatic carbocycles. The largest absolute Gasteiger partial charge is 0.619 e. The highest BCUT2D eigenvalue weighted by atomic mass is 35.5. The van der Waals surface area contributed by atoms with Gasteiger partial charge in [0.1, 0.15) is 5.60 Å². The molecule has 160 valence electrons. The Bertz CT molecular complexity index is 1240. The number of pyridine rings is 1. The van der Waals surface area contributed by atoms with E-state index in [2.05, 4.69) is 17.9 Å². The molecule has 2 N–H and O–H groups in total. The number of nitrogens with zero attached hydrogens (tertiary/aromatic N) is 1. The lowest BCUT2D eigenvalue weighted by molar-refractivity contribution is -0.605. The first-order valence-corrected chi connectivity index (χ1v) is 11.1. The fourth-order valence-corrected chi connectivity index (χ4v) is 4.35. The Morgan fingerprint density at radius 2 is 1.77 bits per heavy atom. The molecule has 0 fully saturated rings. The molecule has 0 amide bonds. The second kappa shape index (κ2) is 8.55. The Balaban J connectivity index is 2.08. The summed E-state index contributed by atoms with van der Waals surface area (Å²) >= 11 is 6.14. The molecule has 0 spiro atoms. The number of benzene rings is 2. The summed E-state index contributed by atoms with van der Waals surface area (Å²) in [6.07, 6.45) is 3.70. The van der Waals surface area contributed by atoms with Crippen LogP contribution in [0.25, 0.3) is 5.57 Å². The van der Waals surface area contributed by atoms with Crippen molar-refractivity contribution < 1.29 is 18.3 Å². The topological polar surface area (TPSA) is 93.3 Å². The molecule has 0 saturated carbocycles. The minimum atomic E-state index is -3.97. The highest BCUT2D eigenvalue weighted by molar-refractivity contribution is 7.92. The number of aliphatic hydroxyl groups is 1. The maximum Gasteiger partial charge on any atom is 0.261 e. The lowest BCUT2D eigenvalue weighted by Gasteiger charge is -2.28. The van der Waals surface area contributed by atoms with Crippen LogP contribution in [0, 0.1) is 5.21 Å². The van der Waals surface area contributed by atoms with Crippen LogP contribution in [0.15, 0.2) is 91.1 Å². The average molecular weight is 457 g/mol. The molecule has 0 saturated heterocycles. The van der Waals surface area contributed by atoms with Gasteiger partial charge in [-0.1, -0.05) is 48.5 Å². The van der Waals surface area contributed by atoms with Gasteiger partial charge in [0.25, 0.3) is 10.0 Å². The number of sulfonamides is 1. The van der Waals surface area contributed by atoms with Gasteiger partial charge in [-0.3, -0.25) is 4.72 Å². The SMILES string of the molecule is C=CC(O)(c1cc[n+]([O-])cc1)c1cc(Cl)ccc1NS(=O)(=O)c1ccc(C(=C)C)cc1. The van der Waals surface area contributed by atoms with Crippen molar-refractivity contribution in [2.75, 3.05) is 4.72 Å². The van der Waals surface area contributed by atoms with Crippen molar-refractivity contribution in [3.8, 4) is 0 Å². The highest BCUT2D eigenvalue weighted by Crippen LogP contribution is 2.37. The van der Waals surface area contributed by atoms with Crippen molar-refractivity contribution in [2.24, 2.45) is 0 Å². The van der Waals surface area contributed by atoms with Crippen molar-refractivity contribution >= 4 is 32.9 Å². The summed E-state index contributed by atoms with van der Waals surface area (Å²) in [4.78, 5) is 0.0488. The van der Waals surface area contributed by atoms with Crippen LogP contribution in [0.2, 0.25) is 5.02 Å². The van der Waals surface area contributed by atoms with E-state index in [1.54, 1.807) is 12.1 Å². The maximum atomic E-state index is 13.0. The molecule has 3 aromatic rings. The lowest BCUT2D eigenvalue weighted by atomic mass is 9.86. The molecule has 3 rings (SSSR count). The van der Waals surface area contributed by atoms with Crippen molar-refractivity contribution in [1.29, 1.82) is 0 Å². The van der Waals surface area contributed by atoms with Crippen LogP contribution in [0.3, 0.4) is 0 Å². The summed E-state index contributed by atoms with van der Waals surface area (Å²) in [6, 6.07) is 13.6. The second-order valence-corrected chi connectivity index (χ2v) is 9.14. The molecule has 1 heterocycles. The van der Waals surface area contributed by atoms with Crippen LogP contribution < -0.4 is 9.45 Å². The molecule has 0 aliphatic heterocycles. The molecule has 6 nitrogen and oxygen atoms in total. The van der Waals surface area contributed by atoms with Gasteiger partial charge >= 0.3 is 0 Å². The number of rotatable bonds is 7. The first-order chi connectivity index (χ1) is 14.6. The summed E-state index contributed by atoms with van der Waals surface area (Å²) in [5.74, 6) is 0. The number of hydrogen-bond donors (Lipinski definition) is 2. The monoisotopic (exact) mass is 456 g/mol. The summed E-state index contributed by atoms with van der Waals surface area (Å²) in [7, 11) is -3.97. The zero-order chi connectivity index (χ0) is 22.8. The van der Waals surface area contributed by atoms with Crippen molar-refractivity contribution in [1.82, 2.24) is 0 Å². The minimum Gasteiger partial charge on any atom is -0.619 e. The minimum absolute atomic E-state index is 0.0488. The first-order valence-electron chi connectivity index (χ1n) is 9.21. The van der Waals surface area contributed by atoms with E-state index in [4.69, 9.17) is 11.6 Å². The van der Waals surface area contributed by atoms with Gasteiger partial charge in [-0.2, -0.15) is 4.73 Å². The summed E-state index contributed by atoms with van der Waals surface area (Å²) in [6.45, 7) is 9.36. The standard InChI is InChI=1S/C23H21ClN2O4S/c1-4-23(27,18-11-13-26(28)14-12-18)21-15-19(24)7-10-22(21)25-31(29,30)20-8-5-17(6-9-20)16(2)3/h4-15,25,27H,1-2H2,3H3. The zero-order valence-corrected chi connectivity index (χ0v) is 18.3. The molecule has 1 unspecified atom stereocenters. The van der Waals surface area contributed by atoms with E-state index in [1.165, 1.54) is 60.9 Å². The molecule has 0 bridgehead atoms. The smallest absolute Gasteiger partial charge is 0.261 e. The van der Waals surface area contributed by atoms with E-state index >= 15 is 0 Å². The van der Waals surface area contributed by atoms with Gasteiger partial charge in [0, 0.05) is 28.3 Å². The number of anilines is 1. The van der Waals surface area contributed by atoms with Crippen LogP contribution in [0.5, 0.6) is 0 Å². The van der Waals surface area contributed by atoms with Crippen molar-refractivity contribution in [3.05, 3.63) is 113 Å². The van der Waals surface area contributed by atoms with Gasteiger partial charge < -0.3 is 10.3 Å². The number of allylic oxidation sites excluding steroid dienone is 1. The molecule has 0 aliphatic rings. The Morgan fingerprint density at radius 3 is 2.32 bits per heavy atom. The second-order valence-electron chi connectivity index (χ2n) is 7.02. The maximum absolute atomic E-state index is 13.0. The third-order valence-electron chi connectivity index (χ3n) is 4.83. The van der Waals surface area contributed by atoms with Gasteiger partial charge in [-0.15, -0.1) is 0 Å². The quantitative estimate of drug-likeness (QED) is 0.316. The molecule has 0 radical (unpaired) electrons. The van der Waals surface area contributed by atoms with Crippen molar-refractivity contribution in [2.45, 2.75) is 17.4 Å². The van der Waals surface area contributed by atoms with Gasteiger partial charge in [0.15, 0.2) is 12.4 Å². The fraction of sp³-hybridized carbons (Fsp3) is 0.0870. The number of aromatic nitrogens is 1.